The average Bonchev–Trinajstić information content (AvgIpc) is 3.57. The van der Waals surface area contributed by atoms with Crippen LogP contribution in [-0.2, 0) is 0 Å². The lowest BCUT2D eigenvalue weighted by atomic mass is 9.98. The molecule has 0 aliphatic rings. The Labute approximate surface area is 289 Å². The highest BCUT2D eigenvalue weighted by atomic mass is 16.3. The first-order valence-corrected chi connectivity index (χ1v) is 16.6. The summed E-state index contributed by atoms with van der Waals surface area (Å²) in [7, 11) is 0. The van der Waals surface area contributed by atoms with E-state index in [1.165, 1.54) is 22.3 Å². The Kier molecular flexibility index (Phi) is 7.29. The van der Waals surface area contributed by atoms with Gasteiger partial charge in [0.25, 0.3) is 0 Å². The van der Waals surface area contributed by atoms with Crippen LogP contribution in [0.25, 0.3) is 89.6 Å². The molecule has 0 radical (unpaired) electrons. The van der Waals surface area contributed by atoms with E-state index in [-0.39, 0.29) is 0 Å². The lowest BCUT2D eigenvalue weighted by Crippen LogP contribution is -2.00. The van der Waals surface area contributed by atoms with Crippen molar-refractivity contribution in [3.05, 3.63) is 169 Å². The SMILES string of the molecule is Cc1cccc(-c2ccc(-c3nc(-c4ccccc4)nc(-c4ccc5c(c4)oc4nccc(-c6ccc(-c7ccccc7)cc6)c45)n3)cc2)c1. The molecule has 3 aromatic heterocycles. The minimum atomic E-state index is 0.573. The highest BCUT2D eigenvalue weighted by Gasteiger charge is 2.17. The predicted octanol–water partition coefficient (Wildman–Crippen LogP) is 11.5. The molecule has 0 saturated heterocycles. The highest BCUT2D eigenvalue weighted by Crippen LogP contribution is 2.38. The molecule has 0 bridgehead atoms. The van der Waals surface area contributed by atoms with E-state index < -0.39 is 0 Å². The molecule has 50 heavy (non-hydrogen) atoms. The summed E-state index contributed by atoms with van der Waals surface area (Å²) in [5.41, 5.74) is 12.1. The van der Waals surface area contributed by atoms with E-state index in [1.54, 1.807) is 6.20 Å². The fourth-order valence-electron chi connectivity index (χ4n) is 6.54. The number of nitrogens with zero attached hydrogens (tertiary/aromatic N) is 4. The maximum Gasteiger partial charge on any atom is 0.227 e. The van der Waals surface area contributed by atoms with Crippen molar-refractivity contribution in [1.82, 2.24) is 19.9 Å². The van der Waals surface area contributed by atoms with Crippen molar-refractivity contribution < 1.29 is 4.42 Å². The summed E-state index contributed by atoms with van der Waals surface area (Å²) in [4.78, 5) is 19.5. The highest BCUT2D eigenvalue weighted by molar-refractivity contribution is 6.11. The molecule has 236 valence electrons. The lowest BCUT2D eigenvalue weighted by Gasteiger charge is -2.09. The van der Waals surface area contributed by atoms with Gasteiger partial charge in [-0.25, -0.2) is 19.9 Å². The van der Waals surface area contributed by atoms with Crippen molar-refractivity contribution >= 4 is 22.1 Å². The summed E-state index contributed by atoms with van der Waals surface area (Å²) in [5, 5.41) is 1.97. The number of aryl methyl sites for hydroxylation is 1. The van der Waals surface area contributed by atoms with Crippen LogP contribution >= 0.6 is 0 Å². The molecule has 9 rings (SSSR count). The van der Waals surface area contributed by atoms with Gasteiger partial charge in [-0.15, -0.1) is 0 Å². The van der Waals surface area contributed by atoms with Crippen LogP contribution in [0, 0.1) is 6.92 Å². The van der Waals surface area contributed by atoms with Crippen LogP contribution in [0.4, 0.5) is 0 Å². The first-order chi connectivity index (χ1) is 24.7. The number of hydrogen-bond donors (Lipinski definition) is 0. The number of furan rings is 1. The lowest BCUT2D eigenvalue weighted by molar-refractivity contribution is 0.654. The summed E-state index contributed by atoms with van der Waals surface area (Å²) in [6.07, 6.45) is 1.81. The standard InChI is InChI=1S/C45H30N4O/c1-29-9-8-14-36(27-29)32-17-21-35(22-18-32)43-47-42(34-12-6-3-7-13-34)48-44(49-43)37-23-24-39-40(28-37)50-45-41(39)38(25-26-46-45)33-19-15-31(16-20-33)30-10-4-2-5-11-30/h2-28H,1H3. The Morgan fingerprint density at radius 2 is 0.940 bits per heavy atom. The number of benzene rings is 6. The van der Waals surface area contributed by atoms with Gasteiger partial charge in [-0.1, -0.05) is 145 Å². The maximum absolute atomic E-state index is 6.38. The summed E-state index contributed by atoms with van der Waals surface area (Å²) in [5.74, 6) is 1.79. The van der Waals surface area contributed by atoms with Crippen LogP contribution in [0.2, 0.25) is 0 Å². The number of hydrogen-bond acceptors (Lipinski definition) is 5. The van der Waals surface area contributed by atoms with Gasteiger partial charge in [0.2, 0.25) is 5.71 Å². The fourth-order valence-corrected chi connectivity index (χ4v) is 6.54. The molecule has 0 aliphatic carbocycles. The monoisotopic (exact) mass is 642 g/mol. The zero-order chi connectivity index (χ0) is 33.4. The van der Waals surface area contributed by atoms with Gasteiger partial charge >= 0.3 is 0 Å². The van der Waals surface area contributed by atoms with Gasteiger partial charge < -0.3 is 4.42 Å². The van der Waals surface area contributed by atoms with Gasteiger partial charge in [-0.3, -0.25) is 0 Å². The minimum Gasteiger partial charge on any atom is -0.438 e. The molecule has 3 heterocycles. The molecule has 0 aliphatic heterocycles. The molecule has 9 aromatic rings. The maximum atomic E-state index is 6.38. The van der Waals surface area contributed by atoms with Crippen molar-refractivity contribution in [3.63, 3.8) is 0 Å². The molecule has 5 heteroatoms. The number of aromatic nitrogens is 4. The van der Waals surface area contributed by atoms with Crippen molar-refractivity contribution in [1.29, 1.82) is 0 Å². The van der Waals surface area contributed by atoms with E-state index >= 15 is 0 Å². The van der Waals surface area contributed by atoms with E-state index in [9.17, 15) is 0 Å². The number of pyridine rings is 1. The molecule has 0 unspecified atom stereocenters. The summed E-state index contributed by atoms with van der Waals surface area (Å²) >= 11 is 0. The summed E-state index contributed by atoms with van der Waals surface area (Å²) in [6, 6.07) is 54.2. The van der Waals surface area contributed by atoms with Gasteiger partial charge in [0.1, 0.15) is 5.58 Å². The zero-order valence-corrected chi connectivity index (χ0v) is 27.3. The van der Waals surface area contributed by atoms with Gasteiger partial charge in [0.15, 0.2) is 17.5 Å². The second-order valence-electron chi connectivity index (χ2n) is 12.4. The van der Waals surface area contributed by atoms with Crippen LogP contribution in [0.3, 0.4) is 0 Å². The van der Waals surface area contributed by atoms with Crippen LogP contribution in [0.15, 0.2) is 168 Å². The molecule has 0 spiro atoms. The second-order valence-corrected chi connectivity index (χ2v) is 12.4. The second kappa shape index (κ2) is 12.4. The van der Waals surface area contributed by atoms with Gasteiger partial charge in [0, 0.05) is 28.3 Å². The Morgan fingerprint density at radius 1 is 0.420 bits per heavy atom. The minimum absolute atomic E-state index is 0.573. The molecule has 0 N–H and O–H groups in total. The Hall–Kier alpha value is -6.72. The quantitative estimate of drug-likeness (QED) is 0.181. The van der Waals surface area contributed by atoms with E-state index in [1.807, 2.05) is 42.5 Å². The van der Waals surface area contributed by atoms with Crippen molar-refractivity contribution in [2.75, 3.05) is 0 Å². The van der Waals surface area contributed by atoms with E-state index in [0.717, 1.165) is 49.7 Å². The first-order valence-electron chi connectivity index (χ1n) is 16.6. The van der Waals surface area contributed by atoms with E-state index in [2.05, 4.69) is 127 Å². The van der Waals surface area contributed by atoms with Crippen LogP contribution in [-0.4, -0.2) is 19.9 Å². The molecular weight excluding hydrogens is 613 g/mol. The third-order valence-electron chi connectivity index (χ3n) is 9.10. The summed E-state index contributed by atoms with van der Waals surface area (Å²) in [6.45, 7) is 2.11. The van der Waals surface area contributed by atoms with E-state index in [0.29, 0.717) is 23.2 Å². The van der Waals surface area contributed by atoms with E-state index in [4.69, 9.17) is 19.4 Å². The molecule has 6 aromatic carbocycles. The predicted molar refractivity (Wildman–Crippen MR) is 202 cm³/mol. The average molecular weight is 643 g/mol. The van der Waals surface area contributed by atoms with Crippen molar-refractivity contribution in [2.24, 2.45) is 0 Å². The Bertz CT molecular complexity index is 2630. The molecule has 5 nitrogen and oxygen atoms in total. The van der Waals surface area contributed by atoms with Crippen LogP contribution < -0.4 is 0 Å². The van der Waals surface area contributed by atoms with Crippen molar-refractivity contribution in [2.45, 2.75) is 6.92 Å². The first kappa shape index (κ1) is 29.4. The zero-order valence-electron chi connectivity index (χ0n) is 27.3. The van der Waals surface area contributed by atoms with Crippen LogP contribution in [0.1, 0.15) is 5.56 Å². The largest absolute Gasteiger partial charge is 0.438 e. The summed E-state index contributed by atoms with van der Waals surface area (Å²) < 4.78 is 6.38. The van der Waals surface area contributed by atoms with Crippen LogP contribution in [0.5, 0.6) is 0 Å². The van der Waals surface area contributed by atoms with Gasteiger partial charge in [0.05, 0.1) is 5.39 Å². The van der Waals surface area contributed by atoms with Gasteiger partial charge in [-0.2, -0.15) is 0 Å². The van der Waals surface area contributed by atoms with Crippen molar-refractivity contribution in [3.8, 4) is 67.5 Å². The molecule has 0 amide bonds. The smallest absolute Gasteiger partial charge is 0.227 e. The third kappa shape index (κ3) is 5.51. The third-order valence-corrected chi connectivity index (χ3v) is 9.10. The normalized spacial score (nSPS) is 11.3. The molecule has 0 saturated carbocycles. The number of fused-ring (bicyclic) bond motifs is 3. The molecule has 0 fully saturated rings. The fraction of sp³-hybridized carbons (Fsp3) is 0.0222. The number of rotatable bonds is 6. The molecule has 0 atom stereocenters. The van der Waals surface area contributed by atoms with Gasteiger partial charge in [-0.05, 0) is 58.5 Å². The Morgan fingerprint density at radius 3 is 1.62 bits per heavy atom. The Balaban J connectivity index is 1.12. The molecular formula is C45H30N4O. The topological polar surface area (TPSA) is 64.7 Å².